The number of aromatic amines is 1. The monoisotopic (exact) mass is 270 g/mol. The molecule has 0 unspecified atom stereocenters. The van der Waals surface area contributed by atoms with Crippen LogP contribution in [0.5, 0.6) is 0 Å². The van der Waals surface area contributed by atoms with Crippen LogP contribution in [0.25, 0.3) is 10.9 Å². The van der Waals surface area contributed by atoms with Gasteiger partial charge in [-0.25, -0.2) is 0 Å². The molecule has 0 spiro atoms. The lowest BCUT2D eigenvalue weighted by atomic mass is 9.86. The predicted octanol–water partition coefficient (Wildman–Crippen LogP) is 3.41. The largest absolute Gasteiger partial charge is 0.361 e. The van der Waals surface area contributed by atoms with Crippen molar-refractivity contribution in [2.75, 3.05) is 0 Å². The lowest BCUT2D eigenvalue weighted by molar-refractivity contribution is -0.121. The van der Waals surface area contributed by atoms with E-state index in [0.29, 0.717) is 18.4 Å². The summed E-state index contributed by atoms with van der Waals surface area (Å²) < 4.78 is 0. The van der Waals surface area contributed by atoms with E-state index in [2.05, 4.69) is 23.3 Å². The summed E-state index contributed by atoms with van der Waals surface area (Å²) in [6.07, 6.45) is 7.32. The molecule has 3 nitrogen and oxygen atoms in total. The van der Waals surface area contributed by atoms with Crippen LogP contribution in [-0.2, 0) is 11.2 Å². The molecule has 1 aromatic carbocycles. The van der Waals surface area contributed by atoms with E-state index in [1.807, 2.05) is 24.4 Å². The van der Waals surface area contributed by atoms with Crippen LogP contribution in [-0.4, -0.2) is 16.9 Å². The number of rotatable bonds is 3. The highest BCUT2D eigenvalue weighted by atomic mass is 16.1. The van der Waals surface area contributed by atoms with Gasteiger partial charge in [-0.2, -0.15) is 0 Å². The fourth-order valence-corrected chi connectivity index (χ4v) is 3.24. The minimum absolute atomic E-state index is 0.147. The molecule has 0 bridgehead atoms. The van der Waals surface area contributed by atoms with Gasteiger partial charge < -0.3 is 10.3 Å². The number of aromatic nitrogens is 1. The van der Waals surface area contributed by atoms with Crippen molar-refractivity contribution >= 4 is 16.8 Å². The van der Waals surface area contributed by atoms with Gasteiger partial charge in [0.15, 0.2) is 0 Å². The number of benzene rings is 1. The number of hydrogen-bond donors (Lipinski definition) is 2. The fraction of sp³-hybridized carbons (Fsp3) is 0.471. The topological polar surface area (TPSA) is 44.9 Å². The summed E-state index contributed by atoms with van der Waals surface area (Å²) in [5.41, 5.74) is 2.18. The first-order valence-corrected chi connectivity index (χ1v) is 7.58. The van der Waals surface area contributed by atoms with Crippen LogP contribution in [0.3, 0.4) is 0 Å². The van der Waals surface area contributed by atoms with E-state index >= 15 is 0 Å². The van der Waals surface area contributed by atoms with E-state index in [1.165, 1.54) is 19.3 Å². The summed E-state index contributed by atoms with van der Waals surface area (Å²) in [6, 6.07) is 8.49. The molecule has 3 rings (SSSR count). The van der Waals surface area contributed by atoms with E-state index in [1.54, 1.807) is 0 Å². The van der Waals surface area contributed by atoms with Crippen molar-refractivity contribution in [1.82, 2.24) is 10.3 Å². The molecule has 1 aliphatic rings. The molecule has 2 aromatic rings. The molecule has 1 aromatic heterocycles. The van der Waals surface area contributed by atoms with Crippen LogP contribution in [0, 0.1) is 5.92 Å². The number of H-pyrrole nitrogens is 1. The van der Waals surface area contributed by atoms with Crippen LogP contribution in [0.1, 0.15) is 38.2 Å². The van der Waals surface area contributed by atoms with E-state index in [0.717, 1.165) is 22.9 Å². The van der Waals surface area contributed by atoms with Crippen molar-refractivity contribution in [1.29, 1.82) is 0 Å². The lowest BCUT2D eigenvalue weighted by Crippen LogP contribution is -2.41. The second-order valence-electron chi connectivity index (χ2n) is 5.97. The van der Waals surface area contributed by atoms with Gasteiger partial charge in [0.05, 0.1) is 6.42 Å². The Labute approximate surface area is 119 Å². The predicted molar refractivity (Wildman–Crippen MR) is 81.6 cm³/mol. The third-order valence-electron chi connectivity index (χ3n) is 4.48. The molecule has 2 N–H and O–H groups in total. The number of para-hydroxylation sites is 1. The highest BCUT2D eigenvalue weighted by Crippen LogP contribution is 2.24. The van der Waals surface area contributed by atoms with E-state index < -0.39 is 0 Å². The minimum Gasteiger partial charge on any atom is -0.361 e. The first kappa shape index (κ1) is 13.2. The minimum atomic E-state index is 0.147. The summed E-state index contributed by atoms with van der Waals surface area (Å²) in [5, 5.41) is 4.37. The van der Waals surface area contributed by atoms with E-state index in [-0.39, 0.29) is 5.91 Å². The number of fused-ring (bicyclic) bond motifs is 1. The van der Waals surface area contributed by atoms with Crippen molar-refractivity contribution in [2.45, 2.75) is 45.1 Å². The molecule has 1 heterocycles. The zero-order chi connectivity index (χ0) is 13.9. The highest BCUT2D eigenvalue weighted by Gasteiger charge is 2.22. The van der Waals surface area contributed by atoms with Gasteiger partial charge in [-0.15, -0.1) is 0 Å². The summed E-state index contributed by atoms with van der Waals surface area (Å²) in [5.74, 6) is 0.754. The van der Waals surface area contributed by atoms with Gasteiger partial charge in [-0.3, -0.25) is 4.79 Å². The molecule has 1 amide bonds. The van der Waals surface area contributed by atoms with E-state index in [4.69, 9.17) is 0 Å². The van der Waals surface area contributed by atoms with Crippen molar-refractivity contribution in [2.24, 2.45) is 5.92 Å². The number of nitrogens with one attached hydrogen (secondary N) is 2. The highest BCUT2D eigenvalue weighted by molar-refractivity contribution is 5.88. The molecular weight excluding hydrogens is 248 g/mol. The van der Waals surface area contributed by atoms with E-state index in [9.17, 15) is 4.79 Å². The zero-order valence-corrected chi connectivity index (χ0v) is 12.0. The second kappa shape index (κ2) is 5.70. The summed E-state index contributed by atoms with van der Waals surface area (Å²) >= 11 is 0. The summed E-state index contributed by atoms with van der Waals surface area (Å²) in [6.45, 7) is 2.25. The Kier molecular flexibility index (Phi) is 3.77. The van der Waals surface area contributed by atoms with Gasteiger partial charge in [0, 0.05) is 23.1 Å². The van der Waals surface area contributed by atoms with Crippen molar-refractivity contribution in [3.63, 3.8) is 0 Å². The Morgan fingerprint density at radius 1 is 1.30 bits per heavy atom. The maximum Gasteiger partial charge on any atom is 0.224 e. The first-order chi connectivity index (χ1) is 9.74. The van der Waals surface area contributed by atoms with Crippen molar-refractivity contribution in [3.8, 4) is 0 Å². The summed E-state index contributed by atoms with van der Waals surface area (Å²) in [7, 11) is 0. The third-order valence-corrected chi connectivity index (χ3v) is 4.48. The number of carbonyl (C=O) groups excluding carboxylic acids is 1. The average Bonchev–Trinajstić information content (AvgIpc) is 2.85. The van der Waals surface area contributed by atoms with Gasteiger partial charge in [0.25, 0.3) is 0 Å². The standard InChI is InChI=1S/C17H22N2O/c1-12-6-2-4-8-15(12)19-17(20)10-13-11-18-16-9-5-3-7-14(13)16/h3,5,7,9,11-12,15,18H,2,4,6,8,10H2,1H3,(H,19,20)/t12-,15+/m1/s1. The van der Waals surface area contributed by atoms with Gasteiger partial charge in [-0.1, -0.05) is 38.0 Å². The van der Waals surface area contributed by atoms with Gasteiger partial charge in [0.2, 0.25) is 5.91 Å². The van der Waals surface area contributed by atoms with Crippen LogP contribution in [0.2, 0.25) is 0 Å². The maximum absolute atomic E-state index is 12.2. The van der Waals surface area contributed by atoms with Crippen molar-refractivity contribution < 1.29 is 4.79 Å². The Bertz CT molecular complexity index is 602. The first-order valence-electron chi connectivity index (χ1n) is 7.58. The lowest BCUT2D eigenvalue weighted by Gasteiger charge is -2.29. The van der Waals surface area contributed by atoms with Crippen molar-refractivity contribution in [3.05, 3.63) is 36.0 Å². The summed E-state index contributed by atoms with van der Waals surface area (Å²) in [4.78, 5) is 15.5. The third kappa shape index (κ3) is 2.72. The Balaban J connectivity index is 1.66. The Morgan fingerprint density at radius 2 is 2.10 bits per heavy atom. The quantitative estimate of drug-likeness (QED) is 0.882. The Hall–Kier alpha value is -1.77. The van der Waals surface area contributed by atoms with Gasteiger partial charge in [-0.05, 0) is 30.4 Å². The molecule has 106 valence electrons. The molecule has 20 heavy (non-hydrogen) atoms. The number of amides is 1. The van der Waals surface area contributed by atoms with Gasteiger partial charge in [0.1, 0.15) is 0 Å². The van der Waals surface area contributed by atoms with Crippen LogP contribution in [0.4, 0.5) is 0 Å². The maximum atomic E-state index is 12.2. The van der Waals surface area contributed by atoms with Gasteiger partial charge >= 0.3 is 0 Å². The number of carbonyl (C=O) groups is 1. The second-order valence-corrected chi connectivity index (χ2v) is 5.97. The SMILES string of the molecule is C[C@@H]1CCCC[C@@H]1NC(=O)Cc1c[nH]c2ccccc12. The molecule has 1 saturated carbocycles. The number of hydrogen-bond acceptors (Lipinski definition) is 1. The molecule has 0 aliphatic heterocycles. The van der Waals surface area contributed by atoms with Crippen LogP contribution >= 0.6 is 0 Å². The molecule has 1 aliphatic carbocycles. The molecule has 0 radical (unpaired) electrons. The molecule has 3 heteroatoms. The van der Waals surface area contributed by atoms with Crippen LogP contribution in [0.15, 0.2) is 30.5 Å². The molecule has 0 saturated heterocycles. The fourth-order valence-electron chi connectivity index (χ4n) is 3.24. The molecular formula is C17H22N2O. The normalized spacial score (nSPS) is 22.9. The van der Waals surface area contributed by atoms with Crippen LogP contribution < -0.4 is 5.32 Å². The molecule has 2 atom stereocenters. The zero-order valence-electron chi connectivity index (χ0n) is 12.0. The smallest absolute Gasteiger partial charge is 0.224 e. The molecule has 1 fully saturated rings. The Morgan fingerprint density at radius 3 is 2.95 bits per heavy atom. The average molecular weight is 270 g/mol.